The van der Waals surface area contributed by atoms with Crippen molar-refractivity contribution >= 4 is 16.9 Å². The van der Waals surface area contributed by atoms with Crippen LogP contribution in [-0.2, 0) is 16.1 Å². The summed E-state index contributed by atoms with van der Waals surface area (Å²) in [5, 5.41) is 11.3. The predicted octanol–water partition coefficient (Wildman–Crippen LogP) is 4.58. The highest BCUT2D eigenvalue weighted by Gasteiger charge is 2.34. The van der Waals surface area contributed by atoms with Crippen LogP contribution in [0.2, 0.25) is 0 Å². The normalized spacial score (nSPS) is 20.3. The van der Waals surface area contributed by atoms with Gasteiger partial charge >= 0.3 is 5.97 Å². The molecule has 1 fully saturated rings. The molecule has 3 aromatic rings. The molecule has 0 saturated carbocycles. The monoisotopic (exact) mass is 461 g/mol. The smallest absolute Gasteiger partial charge is 0.325 e. The van der Waals surface area contributed by atoms with Crippen LogP contribution in [0, 0.1) is 0 Å². The molecular formula is C28H35N3O3. The van der Waals surface area contributed by atoms with E-state index in [1.807, 2.05) is 42.0 Å². The number of carbonyl (C=O) groups is 1. The Hall–Kier alpha value is -3.09. The number of carbonyl (C=O) groups excluding carboxylic acids is 1. The molecule has 3 atom stereocenters. The van der Waals surface area contributed by atoms with Gasteiger partial charge in [-0.25, -0.2) is 0 Å². The van der Waals surface area contributed by atoms with Crippen LogP contribution in [0.3, 0.4) is 0 Å². The van der Waals surface area contributed by atoms with Gasteiger partial charge in [-0.15, -0.1) is 6.58 Å². The molecule has 2 aromatic carbocycles. The Bertz CT molecular complexity index is 1150. The van der Waals surface area contributed by atoms with Crippen molar-refractivity contribution in [2.75, 3.05) is 26.2 Å². The molecule has 4 rings (SSSR count). The number of phenols is 1. The number of esters is 1. The van der Waals surface area contributed by atoms with Crippen LogP contribution >= 0.6 is 0 Å². The summed E-state index contributed by atoms with van der Waals surface area (Å²) in [4.78, 5) is 17.0. The summed E-state index contributed by atoms with van der Waals surface area (Å²) >= 11 is 0. The molecule has 0 amide bonds. The molecule has 1 aromatic heterocycles. The van der Waals surface area contributed by atoms with E-state index in [2.05, 4.69) is 54.5 Å². The third-order valence-electron chi connectivity index (χ3n) is 6.76. The minimum atomic E-state index is -0.234. The number of benzene rings is 2. The maximum atomic E-state index is 12.0. The number of aromatic nitrogens is 1. The number of ether oxygens (including phenoxy) is 1. The first kappa shape index (κ1) is 24.0. The second kappa shape index (κ2) is 10.5. The zero-order valence-corrected chi connectivity index (χ0v) is 20.4. The molecule has 0 bridgehead atoms. The number of aromatic hydroxyl groups is 1. The average molecular weight is 462 g/mol. The second-order valence-electron chi connectivity index (χ2n) is 9.20. The van der Waals surface area contributed by atoms with Gasteiger partial charge in [0.2, 0.25) is 0 Å². The fraction of sp³-hybridized carbons (Fsp3) is 0.393. The summed E-state index contributed by atoms with van der Waals surface area (Å²) in [6, 6.07) is 16.8. The Morgan fingerprint density at radius 3 is 2.68 bits per heavy atom. The van der Waals surface area contributed by atoms with Crippen LogP contribution < -0.4 is 0 Å². The van der Waals surface area contributed by atoms with Crippen LogP contribution in [0.4, 0.5) is 0 Å². The number of piperazine rings is 1. The zero-order chi connectivity index (χ0) is 24.2. The second-order valence-corrected chi connectivity index (χ2v) is 9.20. The zero-order valence-electron chi connectivity index (χ0n) is 20.4. The van der Waals surface area contributed by atoms with E-state index in [1.165, 1.54) is 5.56 Å². The summed E-state index contributed by atoms with van der Waals surface area (Å²) in [6.45, 7) is 13.6. The van der Waals surface area contributed by atoms with Gasteiger partial charge in [0.05, 0.1) is 12.6 Å². The van der Waals surface area contributed by atoms with Gasteiger partial charge in [0.15, 0.2) is 0 Å². The number of hydrogen-bond donors (Lipinski definition) is 1. The van der Waals surface area contributed by atoms with Crippen molar-refractivity contribution in [2.45, 2.75) is 45.4 Å². The molecule has 1 aliphatic rings. The van der Waals surface area contributed by atoms with Gasteiger partial charge in [0, 0.05) is 43.4 Å². The van der Waals surface area contributed by atoms with E-state index in [0.717, 1.165) is 36.1 Å². The molecule has 2 heterocycles. The van der Waals surface area contributed by atoms with Crippen molar-refractivity contribution in [3.05, 3.63) is 78.5 Å². The van der Waals surface area contributed by atoms with Crippen molar-refractivity contribution in [1.29, 1.82) is 0 Å². The van der Waals surface area contributed by atoms with Crippen LogP contribution in [0.5, 0.6) is 5.75 Å². The first-order valence-corrected chi connectivity index (χ1v) is 12.0. The molecule has 0 unspecified atom stereocenters. The molecular weight excluding hydrogens is 426 g/mol. The van der Waals surface area contributed by atoms with E-state index in [-0.39, 0.29) is 24.3 Å². The standard InChI is InChI=1S/C28H35N3O3/c1-5-13-29-17-21(4)31(18-20(29)3)28(23-8-7-9-25(32)16-23)24-10-11-26-22(15-24)12-14-30(26)19-27(33)34-6-2/h5,7-12,14-16,20-21,28,32H,1,6,13,17-19H2,2-4H3/t20-,21+,28+/m1/s1. The average Bonchev–Trinajstić information content (AvgIpc) is 3.19. The predicted molar refractivity (Wildman–Crippen MR) is 136 cm³/mol. The van der Waals surface area contributed by atoms with Gasteiger partial charge in [0.1, 0.15) is 12.3 Å². The minimum absolute atomic E-state index is 0.00763. The molecule has 0 aliphatic carbocycles. The molecule has 1 aliphatic heterocycles. The van der Waals surface area contributed by atoms with Gasteiger partial charge < -0.3 is 14.4 Å². The molecule has 34 heavy (non-hydrogen) atoms. The Morgan fingerprint density at radius 1 is 1.15 bits per heavy atom. The van der Waals surface area contributed by atoms with E-state index in [0.29, 0.717) is 18.7 Å². The van der Waals surface area contributed by atoms with Gasteiger partial charge in [-0.2, -0.15) is 0 Å². The fourth-order valence-corrected chi connectivity index (χ4v) is 5.15. The highest BCUT2D eigenvalue weighted by atomic mass is 16.5. The van der Waals surface area contributed by atoms with Crippen molar-refractivity contribution in [3.8, 4) is 5.75 Å². The highest BCUT2D eigenvalue weighted by molar-refractivity contribution is 5.83. The van der Waals surface area contributed by atoms with Gasteiger partial charge in [-0.3, -0.25) is 14.6 Å². The molecule has 6 nitrogen and oxygen atoms in total. The lowest BCUT2D eigenvalue weighted by Gasteiger charge is -2.47. The third-order valence-corrected chi connectivity index (χ3v) is 6.76. The summed E-state index contributed by atoms with van der Waals surface area (Å²) in [5.41, 5.74) is 3.24. The Kier molecular flexibility index (Phi) is 7.39. The van der Waals surface area contributed by atoms with Gasteiger partial charge in [-0.05, 0) is 67.6 Å². The Morgan fingerprint density at radius 2 is 1.94 bits per heavy atom. The maximum Gasteiger partial charge on any atom is 0.325 e. The fourth-order valence-electron chi connectivity index (χ4n) is 5.15. The van der Waals surface area contributed by atoms with Crippen LogP contribution in [0.15, 0.2) is 67.4 Å². The number of hydrogen-bond acceptors (Lipinski definition) is 5. The van der Waals surface area contributed by atoms with Gasteiger partial charge in [-0.1, -0.05) is 24.3 Å². The van der Waals surface area contributed by atoms with Crippen molar-refractivity contribution in [1.82, 2.24) is 14.4 Å². The summed E-state index contributed by atoms with van der Waals surface area (Å²) in [7, 11) is 0. The quantitative estimate of drug-likeness (QED) is 0.393. The SMILES string of the molecule is C=CCN1C[C@H](C)N([C@@H](c2cccc(O)c2)c2ccc3c(ccn3CC(=O)OCC)c2)C[C@H]1C. The number of fused-ring (bicyclic) bond motifs is 1. The molecule has 0 radical (unpaired) electrons. The topological polar surface area (TPSA) is 57.9 Å². The Labute approximate surface area is 202 Å². The maximum absolute atomic E-state index is 12.0. The van der Waals surface area contributed by atoms with E-state index in [1.54, 1.807) is 6.07 Å². The van der Waals surface area contributed by atoms with Crippen molar-refractivity contribution in [3.63, 3.8) is 0 Å². The van der Waals surface area contributed by atoms with Crippen LogP contribution in [-0.4, -0.2) is 63.8 Å². The molecule has 1 saturated heterocycles. The molecule has 6 heteroatoms. The minimum Gasteiger partial charge on any atom is -0.508 e. The highest BCUT2D eigenvalue weighted by Crippen LogP contribution is 2.36. The molecule has 1 N–H and O–H groups in total. The van der Waals surface area contributed by atoms with E-state index < -0.39 is 0 Å². The summed E-state index contributed by atoms with van der Waals surface area (Å²) < 4.78 is 7.05. The first-order chi connectivity index (χ1) is 16.4. The molecule has 0 spiro atoms. The lowest BCUT2D eigenvalue weighted by atomic mass is 9.92. The van der Waals surface area contributed by atoms with E-state index >= 15 is 0 Å². The third kappa shape index (κ3) is 5.03. The number of rotatable bonds is 8. The van der Waals surface area contributed by atoms with Crippen LogP contribution in [0.1, 0.15) is 37.9 Å². The first-order valence-electron chi connectivity index (χ1n) is 12.0. The van der Waals surface area contributed by atoms with E-state index in [4.69, 9.17) is 4.74 Å². The van der Waals surface area contributed by atoms with Gasteiger partial charge in [0.25, 0.3) is 0 Å². The largest absolute Gasteiger partial charge is 0.508 e. The summed E-state index contributed by atoms with van der Waals surface area (Å²) in [5.74, 6) is 0.0390. The molecule has 180 valence electrons. The summed E-state index contributed by atoms with van der Waals surface area (Å²) in [6.07, 6.45) is 3.91. The lowest BCUT2D eigenvalue weighted by Crippen LogP contribution is -2.57. The Balaban J connectivity index is 1.71. The van der Waals surface area contributed by atoms with Crippen molar-refractivity contribution in [2.24, 2.45) is 0 Å². The van der Waals surface area contributed by atoms with Crippen LogP contribution in [0.25, 0.3) is 10.9 Å². The number of nitrogens with zero attached hydrogens (tertiary/aromatic N) is 3. The van der Waals surface area contributed by atoms with Crippen molar-refractivity contribution < 1.29 is 14.6 Å². The van der Waals surface area contributed by atoms with E-state index in [9.17, 15) is 9.90 Å². The lowest BCUT2D eigenvalue weighted by molar-refractivity contribution is -0.143. The number of phenolic OH excluding ortho intramolecular Hbond substituents is 1.